The van der Waals surface area contributed by atoms with E-state index >= 15 is 0 Å². The quantitative estimate of drug-likeness (QED) is 0.275. The second-order valence-corrected chi connectivity index (χ2v) is 10.7. The zero-order chi connectivity index (χ0) is 26.1. The van der Waals surface area contributed by atoms with Gasteiger partial charge in [-0.2, -0.15) is 0 Å². The molecule has 7 rings (SSSR count). The van der Waals surface area contributed by atoms with Crippen LogP contribution in [-0.2, 0) is 27.9 Å². The van der Waals surface area contributed by atoms with Crippen LogP contribution in [0.1, 0.15) is 51.0 Å². The minimum Gasteiger partial charge on any atom is -0.445 e. The van der Waals surface area contributed by atoms with Crippen molar-refractivity contribution >= 4 is 0 Å². The molecule has 0 atom stereocenters. The summed E-state index contributed by atoms with van der Waals surface area (Å²) in [5, 5.41) is 0. The molecule has 1 aliphatic rings. The molecule has 0 saturated carbocycles. The van der Waals surface area contributed by atoms with Gasteiger partial charge in [-0.3, -0.25) is 0 Å². The molecule has 0 aliphatic carbocycles. The van der Waals surface area contributed by atoms with Crippen molar-refractivity contribution < 1.29 is 17.1 Å². The van der Waals surface area contributed by atoms with Gasteiger partial charge in [0.05, 0.1) is 16.8 Å². The molecule has 0 fully saturated rings. The Balaban J connectivity index is 0.00000277. The van der Waals surface area contributed by atoms with Gasteiger partial charge in [-0.05, 0) is 54.9 Å². The number of nitrogens with zero attached hydrogens (tertiary/aromatic N) is 8. The summed E-state index contributed by atoms with van der Waals surface area (Å²) in [5.74, 6) is 3.02. The van der Waals surface area contributed by atoms with Gasteiger partial charge in [0.2, 0.25) is 0 Å². The molecule has 197 valence electrons. The Labute approximate surface area is 237 Å². The molecule has 0 N–H and O–H groups in total. The average molecular weight is 562 g/mol. The Hall–Kier alpha value is -4.20. The van der Waals surface area contributed by atoms with Crippen LogP contribution in [-0.4, -0.2) is 29.1 Å². The topological polar surface area (TPSA) is 89.6 Å². The van der Waals surface area contributed by atoms with E-state index in [1.807, 2.05) is 62.6 Å². The van der Waals surface area contributed by atoms with Crippen LogP contribution in [0.25, 0.3) is 34.2 Å². The molecule has 0 saturated heterocycles. The van der Waals surface area contributed by atoms with E-state index in [-0.39, 0.29) is 17.1 Å². The zero-order valence-electron chi connectivity index (χ0n) is 22.0. The summed E-state index contributed by atoms with van der Waals surface area (Å²) in [7, 11) is 0. The van der Waals surface area contributed by atoms with Gasteiger partial charge in [0.1, 0.15) is 11.6 Å². The van der Waals surface area contributed by atoms with Crippen LogP contribution < -0.4 is 9.97 Å². The number of aromatic nitrogens is 8. The van der Waals surface area contributed by atoms with Gasteiger partial charge in [0.15, 0.2) is 0 Å². The van der Waals surface area contributed by atoms with E-state index in [4.69, 9.17) is 19.9 Å². The molecule has 0 spiro atoms. The molecule has 0 unspecified atom stereocenters. The number of benzene rings is 2. The first-order valence-electron chi connectivity index (χ1n) is 12.6. The number of hydrogen-bond acceptors (Lipinski definition) is 4. The maximum Gasteiger partial charge on any atom is 2.00 e. The molecular formula is C30H26CuN8. The van der Waals surface area contributed by atoms with Crippen LogP contribution in [0.3, 0.4) is 0 Å². The zero-order valence-corrected chi connectivity index (χ0v) is 22.9. The molecule has 8 bridgehead atoms. The number of rotatable bonds is 2. The van der Waals surface area contributed by atoms with Gasteiger partial charge in [0, 0.05) is 23.8 Å². The molecule has 9 heteroatoms. The smallest absolute Gasteiger partial charge is 0.445 e. The van der Waals surface area contributed by atoms with Crippen LogP contribution in [0.15, 0.2) is 85.5 Å². The van der Waals surface area contributed by atoms with E-state index in [1.54, 1.807) is 12.4 Å². The normalized spacial score (nSPS) is 14.9. The van der Waals surface area contributed by atoms with Crippen molar-refractivity contribution in [3.63, 3.8) is 0 Å². The first-order valence-corrected chi connectivity index (χ1v) is 12.6. The summed E-state index contributed by atoms with van der Waals surface area (Å²) >= 11 is 0. The fourth-order valence-corrected chi connectivity index (χ4v) is 5.10. The van der Waals surface area contributed by atoms with E-state index in [1.165, 1.54) is 0 Å². The molecule has 1 aliphatic heterocycles. The molecule has 1 radical (unpaired) electrons. The summed E-state index contributed by atoms with van der Waals surface area (Å²) in [6, 6.07) is 20.5. The average Bonchev–Trinajstić information content (AvgIpc) is 3.73. The van der Waals surface area contributed by atoms with Crippen molar-refractivity contribution in [3.8, 4) is 34.2 Å². The summed E-state index contributed by atoms with van der Waals surface area (Å²) in [4.78, 5) is 29.5. The van der Waals surface area contributed by atoms with Gasteiger partial charge in [0.25, 0.3) is 0 Å². The van der Waals surface area contributed by atoms with Crippen LogP contribution in [0.4, 0.5) is 0 Å². The van der Waals surface area contributed by atoms with Crippen molar-refractivity contribution in [2.45, 2.75) is 38.5 Å². The fraction of sp³-hybridized carbons (Fsp3) is 0.200. The van der Waals surface area contributed by atoms with Crippen LogP contribution in [0, 0.1) is 0 Å². The second kappa shape index (κ2) is 8.93. The number of para-hydroxylation sites is 2. The Morgan fingerprint density at radius 3 is 1.41 bits per heavy atom. The van der Waals surface area contributed by atoms with E-state index in [9.17, 15) is 0 Å². The number of hydrogen-bond donors (Lipinski definition) is 0. The third kappa shape index (κ3) is 3.88. The Kier molecular flexibility index (Phi) is 5.75. The SMILES string of the molecule is CC1(C)c2ncc([n-]2)-c2cn(-c3ccccc3)c(n2)C(C)(C)c2nc(cn2-c2ccccc2)-c2cnc1[n-]2.[Cu+2]. The predicted octanol–water partition coefficient (Wildman–Crippen LogP) is 5.06. The summed E-state index contributed by atoms with van der Waals surface area (Å²) in [6.45, 7) is 8.40. The van der Waals surface area contributed by atoms with Crippen LogP contribution in [0.5, 0.6) is 0 Å². The minimum absolute atomic E-state index is 0. The predicted molar refractivity (Wildman–Crippen MR) is 144 cm³/mol. The summed E-state index contributed by atoms with van der Waals surface area (Å²) in [6.07, 6.45) is 7.66. The first-order chi connectivity index (χ1) is 18.3. The third-order valence-electron chi connectivity index (χ3n) is 7.31. The Morgan fingerprint density at radius 2 is 1.00 bits per heavy atom. The largest absolute Gasteiger partial charge is 2.00 e. The fourth-order valence-electron chi connectivity index (χ4n) is 5.10. The molecule has 6 aromatic rings. The van der Waals surface area contributed by atoms with E-state index < -0.39 is 10.8 Å². The van der Waals surface area contributed by atoms with E-state index in [0.29, 0.717) is 11.6 Å². The monoisotopic (exact) mass is 561 g/mol. The van der Waals surface area contributed by atoms with Crippen LogP contribution in [0.2, 0.25) is 0 Å². The second-order valence-electron chi connectivity index (χ2n) is 10.7. The Bertz CT molecular complexity index is 1640. The van der Waals surface area contributed by atoms with Crippen molar-refractivity contribution in [3.05, 3.63) is 109 Å². The number of fused-ring (bicyclic) bond motifs is 10. The molecule has 39 heavy (non-hydrogen) atoms. The Morgan fingerprint density at radius 1 is 0.590 bits per heavy atom. The molecule has 8 nitrogen and oxygen atoms in total. The van der Waals surface area contributed by atoms with E-state index in [2.05, 4.69) is 57.2 Å². The standard InChI is InChI=1S/C30H26N8.Cu/c1-29(2)25-31-15-21(33-25)23-17-37(19-11-7-5-8-12-19)27(35-23)30(3,4)28-36-24(22-16-32-26(29)34-22)18-38(28)20-13-9-6-10-14-20;/h5-18H,1-4H3;/q-2;+2. The molecule has 2 aromatic carbocycles. The van der Waals surface area contributed by atoms with Crippen molar-refractivity contribution in [2.75, 3.05) is 0 Å². The summed E-state index contributed by atoms with van der Waals surface area (Å²) < 4.78 is 4.27. The van der Waals surface area contributed by atoms with Gasteiger partial charge >= 0.3 is 17.1 Å². The molecule has 0 amide bonds. The molecule has 5 heterocycles. The van der Waals surface area contributed by atoms with Gasteiger partial charge < -0.3 is 29.1 Å². The van der Waals surface area contributed by atoms with Gasteiger partial charge in [-0.15, -0.1) is 0 Å². The molecular weight excluding hydrogens is 536 g/mol. The summed E-state index contributed by atoms with van der Waals surface area (Å²) in [5.41, 5.74) is 3.79. The van der Waals surface area contributed by atoms with Crippen molar-refractivity contribution in [1.82, 2.24) is 39.0 Å². The van der Waals surface area contributed by atoms with Crippen molar-refractivity contribution in [1.29, 1.82) is 0 Å². The maximum absolute atomic E-state index is 5.18. The van der Waals surface area contributed by atoms with Gasteiger partial charge in [-0.1, -0.05) is 74.3 Å². The van der Waals surface area contributed by atoms with Crippen molar-refractivity contribution in [2.24, 2.45) is 0 Å². The van der Waals surface area contributed by atoms with Gasteiger partial charge in [-0.25, -0.2) is 9.97 Å². The first kappa shape index (κ1) is 25.1. The van der Waals surface area contributed by atoms with E-state index in [0.717, 1.165) is 45.8 Å². The third-order valence-corrected chi connectivity index (χ3v) is 7.31. The number of imidazole rings is 4. The van der Waals surface area contributed by atoms with Crippen LogP contribution >= 0.6 is 0 Å². The minimum atomic E-state index is -0.600. The molecule has 4 aromatic heterocycles. The maximum atomic E-state index is 5.18.